The van der Waals surface area contributed by atoms with Crippen molar-refractivity contribution >= 4 is 11.7 Å². The van der Waals surface area contributed by atoms with E-state index < -0.39 is 24.4 Å². The molecule has 1 heterocycles. The van der Waals surface area contributed by atoms with Crippen molar-refractivity contribution in [1.82, 2.24) is 0 Å². The lowest BCUT2D eigenvalue weighted by atomic mass is 10.00. The molecule has 1 aliphatic heterocycles. The molecule has 0 unspecified atom stereocenters. The summed E-state index contributed by atoms with van der Waals surface area (Å²) in [5.74, 6) is -1.43. The molecule has 2 rings (SSSR count). The molecule has 1 aromatic carbocycles. The number of alkyl halides is 3. The molecular weight excluding hydrogens is 319 g/mol. The maximum Gasteiger partial charge on any atom is 0.573 e. The highest BCUT2D eigenvalue weighted by molar-refractivity contribution is 5.97. The summed E-state index contributed by atoms with van der Waals surface area (Å²) in [6, 6.07) is 0.897. The van der Waals surface area contributed by atoms with E-state index in [4.69, 9.17) is 19.9 Å². The Labute approximate surface area is 130 Å². The van der Waals surface area contributed by atoms with Gasteiger partial charge in [-0.1, -0.05) is 0 Å². The van der Waals surface area contributed by atoms with Crippen LogP contribution in [0, 0.1) is 6.92 Å². The first-order valence-electron chi connectivity index (χ1n) is 6.83. The van der Waals surface area contributed by atoms with E-state index in [1.165, 1.54) is 6.92 Å². The van der Waals surface area contributed by atoms with Gasteiger partial charge in [-0.15, -0.1) is 13.2 Å². The van der Waals surface area contributed by atoms with Gasteiger partial charge in [-0.05, 0) is 25.5 Å². The lowest BCUT2D eigenvalue weighted by Gasteiger charge is -2.21. The van der Waals surface area contributed by atoms with Gasteiger partial charge in [0.25, 0.3) is 0 Å². The molecule has 0 aliphatic carbocycles. The van der Waals surface area contributed by atoms with Crippen LogP contribution in [0.25, 0.3) is 0 Å². The molecule has 1 fully saturated rings. The van der Waals surface area contributed by atoms with Crippen molar-refractivity contribution < 1.29 is 36.9 Å². The molecule has 0 saturated carbocycles. The van der Waals surface area contributed by atoms with Gasteiger partial charge >= 0.3 is 12.3 Å². The van der Waals surface area contributed by atoms with Crippen LogP contribution >= 0.6 is 0 Å². The van der Waals surface area contributed by atoms with E-state index >= 15 is 0 Å². The summed E-state index contributed by atoms with van der Waals surface area (Å²) in [7, 11) is 0. The van der Waals surface area contributed by atoms with E-state index in [-0.39, 0.29) is 42.2 Å². The van der Waals surface area contributed by atoms with Crippen molar-refractivity contribution in [3.63, 3.8) is 0 Å². The van der Waals surface area contributed by atoms with Gasteiger partial charge in [0.15, 0.2) is 6.29 Å². The molecule has 6 nitrogen and oxygen atoms in total. The Balaban J connectivity index is 2.55. The molecule has 2 N–H and O–H groups in total. The van der Waals surface area contributed by atoms with Gasteiger partial charge in [0.2, 0.25) is 0 Å². The van der Waals surface area contributed by atoms with Crippen LogP contribution in [-0.4, -0.2) is 32.2 Å². The number of carbonyl (C=O) groups excluding carboxylic acids is 1. The number of rotatable bonds is 4. The summed E-state index contributed by atoms with van der Waals surface area (Å²) in [6.07, 6.45) is -5.98. The third-order valence-electron chi connectivity index (χ3n) is 3.22. The zero-order valence-electron chi connectivity index (χ0n) is 12.5. The maximum absolute atomic E-state index is 12.7. The second kappa shape index (κ2) is 6.63. The third kappa shape index (κ3) is 3.85. The van der Waals surface area contributed by atoms with Crippen molar-refractivity contribution in [2.75, 3.05) is 25.6 Å². The summed E-state index contributed by atoms with van der Waals surface area (Å²) in [5.41, 5.74) is 5.87. The molecule has 23 heavy (non-hydrogen) atoms. The number of hydrogen-bond acceptors (Lipinski definition) is 6. The number of anilines is 1. The lowest BCUT2D eigenvalue weighted by Crippen LogP contribution is -2.21. The van der Waals surface area contributed by atoms with Crippen molar-refractivity contribution in [3.05, 3.63) is 22.8 Å². The highest BCUT2D eigenvalue weighted by atomic mass is 19.4. The Morgan fingerprint density at radius 3 is 2.52 bits per heavy atom. The molecule has 1 aliphatic rings. The zero-order valence-corrected chi connectivity index (χ0v) is 12.5. The van der Waals surface area contributed by atoms with E-state index in [1.807, 2.05) is 0 Å². The highest BCUT2D eigenvalue weighted by Gasteiger charge is 2.36. The van der Waals surface area contributed by atoms with Crippen LogP contribution < -0.4 is 10.5 Å². The molecule has 9 heteroatoms. The van der Waals surface area contributed by atoms with Gasteiger partial charge in [0, 0.05) is 5.69 Å². The van der Waals surface area contributed by atoms with E-state index in [2.05, 4.69) is 4.74 Å². The molecule has 0 spiro atoms. The molecule has 128 valence electrons. The van der Waals surface area contributed by atoms with Gasteiger partial charge in [-0.25, -0.2) is 4.79 Å². The molecule has 0 amide bonds. The van der Waals surface area contributed by atoms with Crippen molar-refractivity contribution in [1.29, 1.82) is 0 Å². The fourth-order valence-electron chi connectivity index (χ4n) is 2.22. The standard InChI is InChI=1S/C14H16F3NO5/c1-3-20-12(19)8-6-9(23-14(15,16)17)10(7(2)11(8)18)13-21-4-5-22-13/h6,13H,3-5,18H2,1-2H3. The van der Waals surface area contributed by atoms with Gasteiger partial charge < -0.3 is 24.7 Å². The first-order valence-corrected chi connectivity index (χ1v) is 6.83. The topological polar surface area (TPSA) is 80.0 Å². The van der Waals surface area contributed by atoms with Gasteiger partial charge in [-0.3, -0.25) is 0 Å². The number of ether oxygens (including phenoxy) is 4. The summed E-state index contributed by atoms with van der Waals surface area (Å²) in [4.78, 5) is 11.9. The number of hydrogen-bond donors (Lipinski definition) is 1. The summed E-state index contributed by atoms with van der Waals surface area (Å²) in [5, 5.41) is 0. The van der Waals surface area contributed by atoms with Gasteiger partial charge in [0.05, 0.1) is 30.9 Å². The molecule has 0 bridgehead atoms. The first-order chi connectivity index (χ1) is 10.7. The fraction of sp³-hybridized carbons (Fsp3) is 0.500. The van der Waals surface area contributed by atoms with E-state index in [9.17, 15) is 18.0 Å². The first kappa shape index (κ1) is 17.4. The SMILES string of the molecule is CCOC(=O)c1cc(OC(F)(F)F)c(C2OCCO2)c(C)c1N. The Kier molecular flexibility index (Phi) is 5.00. The van der Waals surface area contributed by atoms with Gasteiger partial charge in [0.1, 0.15) is 5.75 Å². The second-order valence-corrected chi connectivity index (χ2v) is 4.72. The van der Waals surface area contributed by atoms with E-state index in [0.717, 1.165) is 6.07 Å². The fourth-order valence-corrected chi connectivity index (χ4v) is 2.22. The Morgan fingerprint density at radius 1 is 1.39 bits per heavy atom. The third-order valence-corrected chi connectivity index (χ3v) is 3.22. The monoisotopic (exact) mass is 335 g/mol. The highest BCUT2D eigenvalue weighted by Crippen LogP contribution is 2.40. The average molecular weight is 335 g/mol. The average Bonchev–Trinajstić information content (AvgIpc) is 2.95. The number of nitrogen functional groups attached to an aromatic ring is 1. The summed E-state index contributed by atoms with van der Waals surface area (Å²) in [6.45, 7) is 3.55. The molecule has 1 saturated heterocycles. The normalized spacial score (nSPS) is 15.7. The zero-order chi connectivity index (χ0) is 17.2. The number of halogens is 3. The van der Waals surface area contributed by atoms with Crippen LogP contribution in [0.2, 0.25) is 0 Å². The van der Waals surface area contributed by atoms with E-state index in [1.54, 1.807) is 6.92 Å². The largest absolute Gasteiger partial charge is 0.573 e. The van der Waals surface area contributed by atoms with Crippen LogP contribution in [0.15, 0.2) is 6.07 Å². The molecular formula is C14H16F3NO5. The Morgan fingerprint density at radius 2 is 2.00 bits per heavy atom. The predicted octanol–water partition coefficient (Wildman–Crippen LogP) is 2.70. The summed E-state index contributed by atoms with van der Waals surface area (Å²) >= 11 is 0. The van der Waals surface area contributed by atoms with Crippen molar-refractivity contribution in [2.45, 2.75) is 26.5 Å². The van der Waals surface area contributed by atoms with Crippen molar-refractivity contribution in [3.8, 4) is 5.75 Å². The van der Waals surface area contributed by atoms with Crippen LogP contribution in [0.1, 0.15) is 34.7 Å². The predicted molar refractivity (Wildman–Crippen MR) is 72.9 cm³/mol. The molecule has 1 aromatic rings. The second-order valence-electron chi connectivity index (χ2n) is 4.72. The van der Waals surface area contributed by atoms with Gasteiger partial charge in [-0.2, -0.15) is 0 Å². The molecule has 0 aromatic heterocycles. The molecule has 0 atom stereocenters. The number of benzene rings is 1. The number of carbonyl (C=O) groups is 1. The van der Waals surface area contributed by atoms with Crippen LogP contribution in [-0.2, 0) is 14.2 Å². The van der Waals surface area contributed by atoms with Crippen molar-refractivity contribution in [2.24, 2.45) is 0 Å². The quantitative estimate of drug-likeness (QED) is 0.673. The van der Waals surface area contributed by atoms with Crippen LogP contribution in [0.5, 0.6) is 5.75 Å². The smallest absolute Gasteiger partial charge is 0.462 e. The van der Waals surface area contributed by atoms with Crippen LogP contribution in [0.4, 0.5) is 18.9 Å². The Bertz CT molecular complexity index is 597. The Hall–Kier alpha value is -2.00. The maximum atomic E-state index is 12.7. The van der Waals surface area contributed by atoms with Crippen LogP contribution in [0.3, 0.4) is 0 Å². The summed E-state index contributed by atoms with van der Waals surface area (Å²) < 4.78 is 57.3. The van der Waals surface area contributed by atoms with E-state index in [0.29, 0.717) is 0 Å². The minimum atomic E-state index is -4.94. The minimum Gasteiger partial charge on any atom is -0.462 e. The lowest BCUT2D eigenvalue weighted by molar-refractivity contribution is -0.275. The minimum absolute atomic E-state index is 0.00498. The number of esters is 1. The number of nitrogens with two attached hydrogens (primary N) is 1. The molecule has 0 radical (unpaired) electrons.